The van der Waals surface area contributed by atoms with E-state index in [1.165, 1.54) is 26.0 Å². The summed E-state index contributed by atoms with van der Waals surface area (Å²) in [5, 5.41) is 0. The Morgan fingerprint density at radius 1 is 1.07 bits per heavy atom. The first kappa shape index (κ1) is 20.4. The minimum atomic E-state index is -1.44. The Kier molecular flexibility index (Phi) is 7.34. The van der Waals surface area contributed by atoms with Gasteiger partial charge in [-0.2, -0.15) is 0 Å². The van der Waals surface area contributed by atoms with Gasteiger partial charge in [0, 0.05) is 12.8 Å². The molecule has 2 rings (SSSR count). The second-order valence-corrected chi connectivity index (χ2v) is 6.37. The molecule has 0 fully saturated rings. The van der Waals surface area contributed by atoms with E-state index >= 15 is 0 Å². The fourth-order valence-corrected chi connectivity index (χ4v) is 3.04. The van der Waals surface area contributed by atoms with Crippen molar-refractivity contribution in [2.75, 3.05) is 14.2 Å². The van der Waals surface area contributed by atoms with Crippen molar-refractivity contribution < 1.29 is 28.6 Å². The maximum absolute atomic E-state index is 12.2. The molecule has 1 aliphatic carbocycles. The topological polar surface area (TPSA) is 78.9 Å². The Labute approximate surface area is 158 Å². The standard InChI is InChI=1S/C21H24O6/c1-25-19(23)21(20(24)26-2)13-7-11-17(14-21)15-27-18(22)12-6-10-16-8-4-3-5-9-16/h3-5,7-9,11,15H,6,10,12-14H2,1-2H3/b17-15+. The molecule has 6 heteroatoms. The van der Waals surface area contributed by atoms with E-state index < -0.39 is 17.4 Å². The number of hydrogen-bond donors (Lipinski definition) is 0. The Morgan fingerprint density at radius 2 is 1.74 bits per heavy atom. The van der Waals surface area contributed by atoms with Crippen LogP contribution in [0.15, 0.2) is 54.3 Å². The second-order valence-electron chi connectivity index (χ2n) is 6.37. The van der Waals surface area contributed by atoms with Crippen molar-refractivity contribution in [3.63, 3.8) is 0 Å². The van der Waals surface area contributed by atoms with E-state index in [0.29, 0.717) is 12.0 Å². The monoisotopic (exact) mass is 372 g/mol. The number of benzene rings is 1. The number of esters is 3. The third-order valence-electron chi connectivity index (χ3n) is 4.49. The quantitative estimate of drug-likeness (QED) is 0.317. The van der Waals surface area contributed by atoms with Gasteiger partial charge < -0.3 is 14.2 Å². The van der Waals surface area contributed by atoms with Crippen LogP contribution in [-0.2, 0) is 35.0 Å². The molecule has 0 heterocycles. The normalized spacial score (nSPS) is 16.6. The van der Waals surface area contributed by atoms with Crippen LogP contribution >= 0.6 is 0 Å². The summed E-state index contributed by atoms with van der Waals surface area (Å²) in [5.41, 5.74) is 0.275. The highest BCUT2D eigenvalue weighted by Gasteiger charge is 2.49. The fraction of sp³-hybridized carbons (Fsp3) is 0.381. The Balaban J connectivity index is 1.92. The van der Waals surface area contributed by atoms with Crippen molar-refractivity contribution in [2.24, 2.45) is 5.41 Å². The minimum absolute atomic E-state index is 0.0557. The summed E-state index contributed by atoms with van der Waals surface area (Å²) in [5.74, 6) is -1.70. The molecule has 0 atom stereocenters. The first-order valence-electron chi connectivity index (χ1n) is 8.77. The van der Waals surface area contributed by atoms with Crippen LogP contribution in [0.25, 0.3) is 0 Å². The van der Waals surface area contributed by atoms with Crippen LogP contribution in [0.3, 0.4) is 0 Å². The third-order valence-corrected chi connectivity index (χ3v) is 4.49. The molecule has 27 heavy (non-hydrogen) atoms. The number of allylic oxidation sites excluding steroid dienone is 3. The van der Waals surface area contributed by atoms with E-state index in [4.69, 9.17) is 14.2 Å². The maximum Gasteiger partial charge on any atom is 0.323 e. The SMILES string of the molecule is COC(=O)C1(C(=O)OC)CC=C/C(=C\OC(=O)CCCc2ccccc2)C1. The smallest absolute Gasteiger partial charge is 0.323 e. The minimum Gasteiger partial charge on any atom is -0.468 e. The molecule has 0 radical (unpaired) electrons. The molecule has 0 spiro atoms. The lowest BCUT2D eigenvalue weighted by molar-refractivity contribution is -0.169. The molecule has 0 aliphatic heterocycles. The van der Waals surface area contributed by atoms with Gasteiger partial charge in [0.1, 0.15) is 0 Å². The zero-order valence-corrected chi connectivity index (χ0v) is 15.6. The fourth-order valence-electron chi connectivity index (χ4n) is 3.04. The molecule has 1 aliphatic rings. The molecule has 1 aromatic carbocycles. The lowest BCUT2D eigenvalue weighted by Crippen LogP contribution is -2.42. The van der Waals surface area contributed by atoms with Crippen molar-refractivity contribution in [3.8, 4) is 0 Å². The molecular weight excluding hydrogens is 348 g/mol. The van der Waals surface area contributed by atoms with E-state index in [-0.39, 0.29) is 25.2 Å². The van der Waals surface area contributed by atoms with Gasteiger partial charge in [-0.1, -0.05) is 42.5 Å². The van der Waals surface area contributed by atoms with Gasteiger partial charge in [0.15, 0.2) is 5.41 Å². The Bertz CT molecular complexity index is 716. The summed E-state index contributed by atoms with van der Waals surface area (Å²) >= 11 is 0. The van der Waals surface area contributed by atoms with Gasteiger partial charge in [0.2, 0.25) is 0 Å². The lowest BCUT2D eigenvalue weighted by Gasteiger charge is -2.29. The summed E-state index contributed by atoms with van der Waals surface area (Å²) in [7, 11) is 2.45. The number of ether oxygens (including phenoxy) is 3. The third kappa shape index (κ3) is 5.29. The van der Waals surface area contributed by atoms with Crippen LogP contribution in [0.1, 0.15) is 31.2 Å². The summed E-state index contributed by atoms with van der Waals surface area (Å²) in [6.45, 7) is 0. The molecular formula is C21H24O6. The maximum atomic E-state index is 12.2. The van der Waals surface area contributed by atoms with Gasteiger partial charge in [0.25, 0.3) is 0 Å². The van der Waals surface area contributed by atoms with Crippen LogP contribution in [-0.4, -0.2) is 32.1 Å². The zero-order valence-electron chi connectivity index (χ0n) is 15.6. The van der Waals surface area contributed by atoms with Crippen molar-refractivity contribution in [2.45, 2.75) is 32.1 Å². The van der Waals surface area contributed by atoms with Crippen molar-refractivity contribution in [1.82, 2.24) is 0 Å². The Morgan fingerprint density at radius 3 is 2.37 bits per heavy atom. The highest BCUT2D eigenvalue weighted by Crippen LogP contribution is 2.38. The van der Waals surface area contributed by atoms with Crippen LogP contribution < -0.4 is 0 Å². The molecule has 0 saturated carbocycles. The van der Waals surface area contributed by atoms with Gasteiger partial charge in [-0.3, -0.25) is 14.4 Å². The van der Waals surface area contributed by atoms with E-state index in [0.717, 1.165) is 6.42 Å². The van der Waals surface area contributed by atoms with E-state index in [1.807, 2.05) is 30.3 Å². The summed E-state index contributed by atoms with van der Waals surface area (Å²) in [4.78, 5) is 36.3. The number of rotatable bonds is 7. The molecule has 144 valence electrons. The van der Waals surface area contributed by atoms with Crippen LogP contribution in [0.5, 0.6) is 0 Å². The molecule has 0 aromatic heterocycles. The predicted octanol–water partition coefficient (Wildman–Crippen LogP) is 3.12. The predicted molar refractivity (Wildman–Crippen MR) is 98.4 cm³/mol. The molecule has 0 N–H and O–H groups in total. The number of hydrogen-bond acceptors (Lipinski definition) is 6. The first-order valence-corrected chi connectivity index (χ1v) is 8.77. The molecule has 0 bridgehead atoms. The second kappa shape index (κ2) is 9.71. The van der Waals surface area contributed by atoms with Gasteiger partial charge in [-0.05, 0) is 30.4 Å². The number of aryl methyl sites for hydroxylation is 1. The summed E-state index contributed by atoms with van der Waals surface area (Å²) in [6, 6.07) is 9.90. The zero-order chi connectivity index (χ0) is 19.7. The molecule has 0 unspecified atom stereocenters. The van der Waals surface area contributed by atoms with Crippen molar-refractivity contribution in [3.05, 3.63) is 59.9 Å². The van der Waals surface area contributed by atoms with E-state index in [2.05, 4.69) is 0 Å². The van der Waals surface area contributed by atoms with Crippen LogP contribution in [0, 0.1) is 5.41 Å². The summed E-state index contributed by atoms with van der Waals surface area (Å²) in [6.07, 6.45) is 6.67. The van der Waals surface area contributed by atoms with Gasteiger partial charge in [-0.25, -0.2) is 0 Å². The molecule has 6 nitrogen and oxygen atoms in total. The Hall–Kier alpha value is -2.89. The average Bonchev–Trinajstić information content (AvgIpc) is 2.71. The highest BCUT2D eigenvalue weighted by molar-refractivity contribution is 6.01. The van der Waals surface area contributed by atoms with Gasteiger partial charge >= 0.3 is 17.9 Å². The number of methoxy groups -OCH3 is 2. The van der Waals surface area contributed by atoms with Crippen molar-refractivity contribution in [1.29, 1.82) is 0 Å². The number of carbonyl (C=O) groups is 3. The van der Waals surface area contributed by atoms with E-state index in [9.17, 15) is 14.4 Å². The summed E-state index contributed by atoms with van der Waals surface area (Å²) < 4.78 is 14.7. The van der Waals surface area contributed by atoms with Gasteiger partial charge in [-0.15, -0.1) is 0 Å². The molecule has 0 amide bonds. The largest absolute Gasteiger partial charge is 0.468 e. The molecule has 1 aromatic rings. The van der Waals surface area contributed by atoms with Gasteiger partial charge in [0.05, 0.1) is 20.5 Å². The van der Waals surface area contributed by atoms with Crippen LogP contribution in [0.2, 0.25) is 0 Å². The number of carbonyl (C=O) groups excluding carboxylic acids is 3. The van der Waals surface area contributed by atoms with Crippen LogP contribution in [0.4, 0.5) is 0 Å². The van der Waals surface area contributed by atoms with E-state index in [1.54, 1.807) is 12.2 Å². The molecule has 0 saturated heterocycles. The average molecular weight is 372 g/mol. The first-order chi connectivity index (χ1) is 13.0. The highest BCUT2D eigenvalue weighted by atomic mass is 16.5. The lowest BCUT2D eigenvalue weighted by atomic mass is 9.75. The van der Waals surface area contributed by atoms with Crippen molar-refractivity contribution >= 4 is 17.9 Å².